The van der Waals surface area contributed by atoms with Gasteiger partial charge in [-0.3, -0.25) is 10.1 Å². The standard InChI is InChI=1S/C15H21N3O4S/c1-11-10-13(18(19)20)2-5-15(11)16-12-6-8-17(9-7-12)23(21,22)14-3-4-14/h2,5,10,12,14,16H,3-4,6-9H2,1H3. The van der Waals surface area contributed by atoms with E-state index in [1.807, 2.05) is 6.92 Å². The van der Waals surface area contributed by atoms with Gasteiger partial charge in [0.05, 0.1) is 10.2 Å². The van der Waals surface area contributed by atoms with Crippen molar-refractivity contribution in [3.05, 3.63) is 33.9 Å². The molecule has 1 aliphatic heterocycles. The second-order valence-corrected chi connectivity index (χ2v) is 8.53. The number of benzene rings is 1. The van der Waals surface area contributed by atoms with Crippen molar-refractivity contribution < 1.29 is 13.3 Å². The van der Waals surface area contributed by atoms with Crippen LogP contribution in [-0.4, -0.2) is 42.0 Å². The highest BCUT2D eigenvalue weighted by Crippen LogP contribution is 2.33. The predicted molar refractivity (Wildman–Crippen MR) is 88.0 cm³/mol. The molecule has 0 bridgehead atoms. The average Bonchev–Trinajstić information content (AvgIpc) is 3.35. The molecular formula is C15H21N3O4S. The zero-order valence-electron chi connectivity index (χ0n) is 13.1. The molecule has 0 radical (unpaired) electrons. The van der Waals surface area contributed by atoms with E-state index in [2.05, 4.69) is 5.32 Å². The second-order valence-electron chi connectivity index (χ2n) is 6.32. The van der Waals surface area contributed by atoms with Crippen LogP contribution in [0, 0.1) is 17.0 Å². The molecule has 1 saturated carbocycles. The van der Waals surface area contributed by atoms with Gasteiger partial charge in [-0.1, -0.05) is 0 Å². The molecule has 23 heavy (non-hydrogen) atoms. The molecule has 1 saturated heterocycles. The SMILES string of the molecule is Cc1cc([N+](=O)[O-])ccc1NC1CCN(S(=O)(=O)C2CC2)CC1. The fraction of sp³-hybridized carbons (Fsp3) is 0.600. The van der Waals surface area contributed by atoms with Crippen LogP contribution >= 0.6 is 0 Å². The maximum atomic E-state index is 12.2. The van der Waals surface area contributed by atoms with Crippen LogP contribution in [0.4, 0.5) is 11.4 Å². The summed E-state index contributed by atoms with van der Waals surface area (Å²) in [4.78, 5) is 10.4. The van der Waals surface area contributed by atoms with E-state index in [4.69, 9.17) is 0 Å². The molecule has 0 aromatic heterocycles. The van der Waals surface area contributed by atoms with E-state index in [0.717, 1.165) is 36.9 Å². The van der Waals surface area contributed by atoms with Gasteiger partial charge >= 0.3 is 0 Å². The minimum atomic E-state index is -3.08. The minimum absolute atomic E-state index is 0.0818. The van der Waals surface area contributed by atoms with E-state index in [9.17, 15) is 18.5 Å². The van der Waals surface area contributed by atoms with Crippen LogP contribution in [0.25, 0.3) is 0 Å². The van der Waals surface area contributed by atoms with Gasteiger partial charge in [-0.2, -0.15) is 0 Å². The van der Waals surface area contributed by atoms with Crippen molar-refractivity contribution in [2.75, 3.05) is 18.4 Å². The van der Waals surface area contributed by atoms with Gasteiger partial charge in [0, 0.05) is 37.0 Å². The number of aryl methyl sites for hydroxylation is 1. The number of nitrogens with one attached hydrogen (secondary N) is 1. The van der Waals surface area contributed by atoms with Gasteiger partial charge in [0.25, 0.3) is 5.69 Å². The van der Waals surface area contributed by atoms with Crippen molar-refractivity contribution in [1.29, 1.82) is 0 Å². The first-order valence-corrected chi connectivity index (χ1v) is 9.39. The lowest BCUT2D eigenvalue weighted by Gasteiger charge is -2.32. The average molecular weight is 339 g/mol. The Bertz CT molecular complexity index is 707. The summed E-state index contributed by atoms with van der Waals surface area (Å²) in [5.41, 5.74) is 1.78. The van der Waals surface area contributed by atoms with E-state index in [-0.39, 0.29) is 17.0 Å². The molecule has 0 unspecified atom stereocenters. The molecule has 1 aliphatic carbocycles. The highest BCUT2D eigenvalue weighted by molar-refractivity contribution is 7.90. The third-order valence-corrected chi connectivity index (χ3v) is 6.94. The first kappa shape index (κ1) is 16.2. The molecule has 126 valence electrons. The summed E-state index contributed by atoms with van der Waals surface area (Å²) in [5.74, 6) is 0. The number of hydrogen-bond donors (Lipinski definition) is 1. The Morgan fingerprint density at radius 2 is 1.87 bits per heavy atom. The number of non-ortho nitro benzene ring substituents is 1. The lowest BCUT2D eigenvalue weighted by atomic mass is 10.1. The Hall–Kier alpha value is -1.67. The maximum absolute atomic E-state index is 12.2. The van der Waals surface area contributed by atoms with E-state index < -0.39 is 14.9 Å². The molecule has 0 spiro atoms. The first-order chi connectivity index (χ1) is 10.9. The molecule has 1 N–H and O–H groups in total. The summed E-state index contributed by atoms with van der Waals surface area (Å²) in [7, 11) is -3.08. The summed E-state index contributed by atoms with van der Waals surface area (Å²) in [5, 5.41) is 14.0. The third-order valence-electron chi connectivity index (χ3n) is 4.54. The van der Waals surface area contributed by atoms with Crippen molar-refractivity contribution in [3.8, 4) is 0 Å². The van der Waals surface area contributed by atoms with Gasteiger partial charge in [-0.25, -0.2) is 12.7 Å². The van der Waals surface area contributed by atoms with Gasteiger partial charge in [0.1, 0.15) is 0 Å². The molecule has 1 aromatic rings. The molecule has 1 heterocycles. The van der Waals surface area contributed by atoms with Gasteiger partial charge in [-0.15, -0.1) is 0 Å². The number of hydrogen-bond acceptors (Lipinski definition) is 5. The quantitative estimate of drug-likeness (QED) is 0.656. The molecular weight excluding hydrogens is 318 g/mol. The normalized spacial score (nSPS) is 20.4. The highest BCUT2D eigenvalue weighted by atomic mass is 32.2. The van der Waals surface area contributed by atoms with E-state index in [1.165, 1.54) is 6.07 Å². The van der Waals surface area contributed by atoms with Crippen LogP contribution in [0.15, 0.2) is 18.2 Å². The summed E-state index contributed by atoms with van der Waals surface area (Å²) >= 11 is 0. The molecule has 2 aliphatic rings. The number of sulfonamides is 1. The molecule has 8 heteroatoms. The number of piperidine rings is 1. The zero-order chi connectivity index (χ0) is 16.6. The molecule has 1 aromatic carbocycles. The Kier molecular flexibility index (Phi) is 4.29. The van der Waals surface area contributed by atoms with Gasteiger partial charge in [0.2, 0.25) is 10.0 Å². The van der Waals surface area contributed by atoms with E-state index in [0.29, 0.717) is 13.1 Å². The number of rotatable bonds is 5. The fourth-order valence-corrected chi connectivity index (χ4v) is 4.85. The lowest BCUT2D eigenvalue weighted by molar-refractivity contribution is -0.384. The van der Waals surface area contributed by atoms with Gasteiger partial charge in [-0.05, 0) is 44.2 Å². The van der Waals surface area contributed by atoms with E-state index in [1.54, 1.807) is 16.4 Å². The first-order valence-electron chi connectivity index (χ1n) is 7.88. The number of anilines is 1. The second kappa shape index (κ2) is 6.09. The molecule has 3 rings (SSSR count). The lowest BCUT2D eigenvalue weighted by Crippen LogP contribution is -2.43. The van der Waals surface area contributed by atoms with Crippen molar-refractivity contribution in [1.82, 2.24) is 4.31 Å². The Labute approximate surface area is 135 Å². The van der Waals surface area contributed by atoms with Crippen molar-refractivity contribution >= 4 is 21.4 Å². The topological polar surface area (TPSA) is 92.6 Å². The predicted octanol–water partition coefficient (Wildman–Crippen LogP) is 2.27. The summed E-state index contributed by atoms with van der Waals surface area (Å²) in [6.45, 7) is 2.92. The third kappa shape index (κ3) is 3.48. The van der Waals surface area contributed by atoms with Crippen LogP contribution in [0.1, 0.15) is 31.2 Å². The van der Waals surface area contributed by atoms with Crippen LogP contribution < -0.4 is 5.32 Å². The molecule has 0 atom stereocenters. The monoisotopic (exact) mass is 339 g/mol. The van der Waals surface area contributed by atoms with Crippen molar-refractivity contribution in [2.45, 2.75) is 43.9 Å². The summed E-state index contributed by atoms with van der Waals surface area (Å²) in [6.07, 6.45) is 3.09. The van der Waals surface area contributed by atoms with E-state index >= 15 is 0 Å². The largest absolute Gasteiger partial charge is 0.382 e. The van der Waals surface area contributed by atoms with Gasteiger partial charge < -0.3 is 5.32 Å². The Morgan fingerprint density at radius 1 is 1.22 bits per heavy atom. The minimum Gasteiger partial charge on any atom is -0.382 e. The smallest absolute Gasteiger partial charge is 0.269 e. The summed E-state index contributed by atoms with van der Waals surface area (Å²) < 4.78 is 26.0. The van der Waals surface area contributed by atoms with Gasteiger partial charge in [0.15, 0.2) is 0 Å². The fourth-order valence-electron chi connectivity index (χ4n) is 2.97. The van der Waals surface area contributed by atoms with Crippen LogP contribution in [-0.2, 0) is 10.0 Å². The highest BCUT2D eigenvalue weighted by Gasteiger charge is 2.41. The Morgan fingerprint density at radius 3 is 2.39 bits per heavy atom. The zero-order valence-corrected chi connectivity index (χ0v) is 13.9. The number of nitro groups is 1. The van der Waals surface area contributed by atoms with Crippen LogP contribution in [0.3, 0.4) is 0 Å². The maximum Gasteiger partial charge on any atom is 0.269 e. The van der Waals surface area contributed by atoms with Crippen LogP contribution in [0.5, 0.6) is 0 Å². The number of nitro benzene ring substituents is 1. The molecule has 0 amide bonds. The molecule has 2 fully saturated rings. The number of nitrogens with zero attached hydrogens (tertiary/aromatic N) is 2. The van der Waals surface area contributed by atoms with Crippen molar-refractivity contribution in [3.63, 3.8) is 0 Å². The van der Waals surface area contributed by atoms with Crippen LogP contribution in [0.2, 0.25) is 0 Å². The molecule has 7 nitrogen and oxygen atoms in total. The Balaban J connectivity index is 1.59. The summed E-state index contributed by atoms with van der Waals surface area (Å²) in [6, 6.07) is 4.96. The van der Waals surface area contributed by atoms with Crippen molar-refractivity contribution in [2.24, 2.45) is 0 Å².